The van der Waals surface area contributed by atoms with Crippen molar-refractivity contribution < 1.29 is 17.9 Å². The number of pyridine rings is 1. The van der Waals surface area contributed by atoms with Gasteiger partial charge in [0, 0.05) is 6.20 Å². The van der Waals surface area contributed by atoms with Crippen LogP contribution in [0.1, 0.15) is 17.6 Å². The van der Waals surface area contributed by atoms with E-state index in [0.717, 1.165) is 11.6 Å². The monoisotopic (exact) mass is 346 g/mol. The summed E-state index contributed by atoms with van der Waals surface area (Å²) in [6.45, 7) is 1.80. The Bertz CT molecular complexity index is 650. The van der Waals surface area contributed by atoms with Crippen molar-refractivity contribution in [3.8, 4) is 11.6 Å². The van der Waals surface area contributed by atoms with Crippen LogP contribution in [0, 0.1) is 12.7 Å². The second kappa shape index (κ2) is 5.70. The molecule has 0 atom stereocenters. The Morgan fingerprint density at radius 2 is 2.00 bits per heavy atom. The first-order valence-electron chi connectivity index (χ1n) is 5.55. The predicted molar refractivity (Wildman–Crippen MR) is 72.5 cm³/mol. The molecule has 0 spiro atoms. The van der Waals surface area contributed by atoms with E-state index in [9.17, 15) is 13.2 Å². The third-order valence-corrected chi connectivity index (χ3v) is 3.07. The topological polar surface area (TPSA) is 48.1 Å². The maximum absolute atomic E-state index is 13.5. The van der Waals surface area contributed by atoms with E-state index < -0.39 is 17.8 Å². The molecular weight excluding hydrogens is 337 g/mol. The van der Waals surface area contributed by atoms with Crippen LogP contribution in [0.5, 0.6) is 11.6 Å². The van der Waals surface area contributed by atoms with Crippen molar-refractivity contribution in [2.45, 2.75) is 13.3 Å². The van der Waals surface area contributed by atoms with Crippen LogP contribution in [-0.4, -0.2) is 4.98 Å². The molecule has 0 fully saturated rings. The number of halogens is 4. The highest BCUT2D eigenvalue weighted by Gasteiger charge is 2.18. The van der Waals surface area contributed by atoms with Crippen molar-refractivity contribution in [2.75, 3.05) is 5.73 Å². The van der Waals surface area contributed by atoms with Gasteiger partial charge in [0.25, 0.3) is 6.43 Å². The third kappa shape index (κ3) is 3.04. The fourth-order valence-corrected chi connectivity index (χ4v) is 2.03. The van der Waals surface area contributed by atoms with E-state index in [1.54, 1.807) is 13.0 Å². The molecule has 3 nitrogen and oxygen atoms in total. The summed E-state index contributed by atoms with van der Waals surface area (Å²) in [5.74, 6) is -0.914. The van der Waals surface area contributed by atoms with E-state index in [1.807, 2.05) is 0 Å². The Morgan fingerprint density at radius 3 is 2.60 bits per heavy atom. The summed E-state index contributed by atoms with van der Waals surface area (Å²) in [5, 5.41) is 0. The quantitative estimate of drug-likeness (QED) is 0.883. The lowest BCUT2D eigenvalue weighted by Crippen LogP contribution is -1.98. The number of anilines is 1. The lowest BCUT2D eigenvalue weighted by atomic mass is 10.2. The SMILES string of the molecule is Cc1cnc(Oc2cc(Br)c(F)c(C(F)F)c2)c(N)c1. The van der Waals surface area contributed by atoms with Gasteiger partial charge in [-0.2, -0.15) is 0 Å². The van der Waals surface area contributed by atoms with Crippen LogP contribution < -0.4 is 10.5 Å². The van der Waals surface area contributed by atoms with Crippen molar-refractivity contribution in [1.82, 2.24) is 4.98 Å². The zero-order chi connectivity index (χ0) is 14.9. The van der Waals surface area contributed by atoms with Crippen LogP contribution in [0.4, 0.5) is 18.9 Å². The van der Waals surface area contributed by atoms with Crippen LogP contribution in [0.15, 0.2) is 28.9 Å². The van der Waals surface area contributed by atoms with Crippen LogP contribution >= 0.6 is 15.9 Å². The number of hydrogen-bond acceptors (Lipinski definition) is 3. The highest BCUT2D eigenvalue weighted by molar-refractivity contribution is 9.10. The molecule has 1 aromatic carbocycles. The lowest BCUT2D eigenvalue weighted by Gasteiger charge is -2.11. The Labute approximate surface area is 121 Å². The second-order valence-electron chi connectivity index (χ2n) is 4.12. The van der Waals surface area contributed by atoms with Crippen LogP contribution in [0.25, 0.3) is 0 Å². The van der Waals surface area contributed by atoms with Crippen molar-refractivity contribution >= 4 is 21.6 Å². The molecule has 0 aliphatic rings. The third-order valence-electron chi connectivity index (χ3n) is 2.50. The molecule has 0 saturated heterocycles. The Hall–Kier alpha value is -1.76. The minimum Gasteiger partial charge on any atom is -0.437 e. The highest BCUT2D eigenvalue weighted by atomic mass is 79.9. The number of ether oxygens (including phenoxy) is 1. The Kier molecular flexibility index (Phi) is 4.17. The van der Waals surface area contributed by atoms with Gasteiger partial charge in [0.2, 0.25) is 5.88 Å². The molecule has 1 aromatic heterocycles. The normalized spacial score (nSPS) is 10.9. The van der Waals surface area contributed by atoms with Crippen molar-refractivity contribution in [1.29, 1.82) is 0 Å². The number of nitrogens with two attached hydrogens (primary N) is 1. The maximum Gasteiger partial charge on any atom is 0.266 e. The molecule has 20 heavy (non-hydrogen) atoms. The van der Waals surface area contributed by atoms with E-state index in [4.69, 9.17) is 10.5 Å². The fourth-order valence-electron chi connectivity index (χ4n) is 1.58. The maximum atomic E-state index is 13.5. The molecule has 0 saturated carbocycles. The molecule has 0 radical (unpaired) electrons. The summed E-state index contributed by atoms with van der Waals surface area (Å²) in [5.41, 5.74) is 6.07. The zero-order valence-electron chi connectivity index (χ0n) is 10.3. The number of nitrogen functional groups attached to an aromatic ring is 1. The number of benzene rings is 1. The van der Waals surface area contributed by atoms with Crippen LogP contribution in [0.3, 0.4) is 0 Å². The van der Waals surface area contributed by atoms with Gasteiger partial charge >= 0.3 is 0 Å². The molecule has 1 heterocycles. The molecule has 2 rings (SSSR count). The van der Waals surface area contributed by atoms with Gasteiger partial charge in [0.1, 0.15) is 11.6 Å². The van der Waals surface area contributed by atoms with Crippen LogP contribution in [0.2, 0.25) is 0 Å². The average molecular weight is 347 g/mol. The van der Waals surface area contributed by atoms with E-state index in [0.29, 0.717) is 0 Å². The highest BCUT2D eigenvalue weighted by Crippen LogP contribution is 2.34. The molecule has 0 bridgehead atoms. The van der Waals surface area contributed by atoms with Gasteiger partial charge < -0.3 is 10.5 Å². The fraction of sp³-hybridized carbons (Fsp3) is 0.154. The van der Waals surface area contributed by atoms with E-state index in [1.165, 1.54) is 12.3 Å². The molecule has 0 aliphatic heterocycles. The second-order valence-corrected chi connectivity index (χ2v) is 4.97. The number of nitrogens with zero attached hydrogens (tertiary/aromatic N) is 1. The summed E-state index contributed by atoms with van der Waals surface area (Å²) >= 11 is 2.87. The number of rotatable bonds is 3. The zero-order valence-corrected chi connectivity index (χ0v) is 11.9. The summed E-state index contributed by atoms with van der Waals surface area (Å²) < 4.78 is 44.1. The number of aryl methyl sites for hydroxylation is 1. The molecular formula is C13H10BrF3N2O. The molecule has 0 amide bonds. The standard InChI is InChI=1S/C13H10BrF3N2O/c1-6-2-10(18)13(19-5-6)20-7-3-8(12(16)17)11(15)9(14)4-7/h2-5,12H,18H2,1H3. The first-order valence-corrected chi connectivity index (χ1v) is 6.35. The minimum absolute atomic E-state index is 0.0247. The van der Waals surface area contributed by atoms with Crippen molar-refractivity contribution in [2.24, 2.45) is 0 Å². The first kappa shape index (κ1) is 14.6. The molecule has 7 heteroatoms. The van der Waals surface area contributed by atoms with Gasteiger partial charge in [-0.05, 0) is 46.6 Å². The lowest BCUT2D eigenvalue weighted by molar-refractivity contribution is 0.146. The molecule has 0 unspecified atom stereocenters. The number of aromatic nitrogens is 1. The largest absolute Gasteiger partial charge is 0.437 e. The van der Waals surface area contributed by atoms with Gasteiger partial charge in [-0.1, -0.05) is 0 Å². The van der Waals surface area contributed by atoms with Crippen molar-refractivity contribution in [3.05, 3.63) is 45.8 Å². The smallest absolute Gasteiger partial charge is 0.266 e. The van der Waals surface area contributed by atoms with Gasteiger partial charge in [0.15, 0.2) is 0 Å². The van der Waals surface area contributed by atoms with E-state index in [-0.39, 0.29) is 21.8 Å². The summed E-state index contributed by atoms with van der Waals surface area (Å²) in [6, 6.07) is 3.79. The van der Waals surface area contributed by atoms with E-state index >= 15 is 0 Å². The van der Waals surface area contributed by atoms with E-state index in [2.05, 4.69) is 20.9 Å². The molecule has 0 aliphatic carbocycles. The first-order chi connectivity index (χ1) is 9.38. The minimum atomic E-state index is -2.95. The van der Waals surface area contributed by atoms with Crippen LogP contribution in [-0.2, 0) is 0 Å². The molecule has 2 N–H and O–H groups in total. The summed E-state index contributed by atoms with van der Waals surface area (Å²) in [6.07, 6.45) is -1.42. The van der Waals surface area contributed by atoms with Gasteiger partial charge in [-0.3, -0.25) is 0 Å². The molecule has 106 valence electrons. The summed E-state index contributed by atoms with van der Waals surface area (Å²) in [7, 11) is 0. The van der Waals surface area contributed by atoms with Gasteiger partial charge in [-0.25, -0.2) is 18.2 Å². The Morgan fingerprint density at radius 1 is 1.30 bits per heavy atom. The van der Waals surface area contributed by atoms with Crippen molar-refractivity contribution in [3.63, 3.8) is 0 Å². The number of hydrogen-bond donors (Lipinski definition) is 1. The molecule has 2 aromatic rings. The Balaban J connectivity index is 2.39. The summed E-state index contributed by atoms with van der Waals surface area (Å²) in [4.78, 5) is 3.96. The predicted octanol–water partition coefficient (Wildman–Crippen LogP) is 4.60. The number of alkyl halides is 2. The van der Waals surface area contributed by atoms with Gasteiger partial charge in [0.05, 0.1) is 15.7 Å². The average Bonchev–Trinajstić information content (AvgIpc) is 2.36. The van der Waals surface area contributed by atoms with Gasteiger partial charge in [-0.15, -0.1) is 0 Å².